The topological polar surface area (TPSA) is 75.4 Å². The number of carbonyl (C=O) groups excluding carboxylic acids is 1. The standard InChI is InChI=1S/C22H19ClN6O/c23-16-7-2-1-6-15(16)22(30)26-19-14-29-20(25-19)10-11-21(27-29)28-13-5-9-18(28)17-8-3-4-12-24-17/h1-4,6-8,10-12,14,18H,5,9,13H2,(H,26,30). The summed E-state index contributed by atoms with van der Waals surface area (Å²) in [7, 11) is 0. The van der Waals surface area contributed by atoms with Crippen molar-refractivity contribution in [2.45, 2.75) is 18.9 Å². The first kappa shape index (κ1) is 18.6. The monoisotopic (exact) mass is 418 g/mol. The summed E-state index contributed by atoms with van der Waals surface area (Å²) in [6.45, 7) is 0.921. The van der Waals surface area contributed by atoms with Crippen molar-refractivity contribution in [3.8, 4) is 0 Å². The van der Waals surface area contributed by atoms with E-state index in [-0.39, 0.29) is 11.9 Å². The van der Waals surface area contributed by atoms with E-state index in [1.807, 2.05) is 30.5 Å². The van der Waals surface area contributed by atoms with Gasteiger partial charge in [0.05, 0.1) is 28.5 Å². The van der Waals surface area contributed by atoms with Gasteiger partial charge in [-0.3, -0.25) is 9.78 Å². The van der Waals surface area contributed by atoms with Gasteiger partial charge < -0.3 is 10.2 Å². The molecular weight excluding hydrogens is 400 g/mol. The van der Waals surface area contributed by atoms with Gasteiger partial charge in [-0.15, -0.1) is 5.10 Å². The average molecular weight is 419 g/mol. The number of halogens is 1. The highest BCUT2D eigenvalue weighted by Gasteiger charge is 2.28. The summed E-state index contributed by atoms with van der Waals surface area (Å²) >= 11 is 6.11. The Balaban J connectivity index is 1.40. The Bertz CT molecular complexity index is 1210. The van der Waals surface area contributed by atoms with E-state index in [1.54, 1.807) is 35.0 Å². The molecule has 0 spiro atoms. The van der Waals surface area contributed by atoms with Gasteiger partial charge in [0.2, 0.25) is 0 Å². The Morgan fingerprint density at radius 3 is 2.80 bits per heavy atom. The zero-order valence-electron chi connectivity index (χ0n) is 16.1. The second-order valence-corrected chi connectivity index (χ2v) is 7.57. The van der Waals surface area contributed by atoms with E-state index >= 15 is 0 Å². The van der Waals surface area contributed by atoms with Crippen molar-refractivity contribution >= 4 is 34.8 Å². The molecule has 0 saturated carbocycles. The number of imidazole rings is 1. The van der Waals surface area contributed by atoms with Gasteiger partial charge in [-0.05, 0) is 49.2 Å². The quantitative estimate of drug-likeness (QED) is 0.532. The molecule has 1 aliphatic heterocycles. The number of hydrogen-bond donors (Lipinski definition) is 1. The number of hydrogen-bond acceptors (Lipinski definition) is 5. The summed E-state index contributed by atoms with van der Waals surface area (Å²) in [6, 6.07) is 17.0. The van der Waals surface area contributed by atoms with Gasteiger partial charge in [-0.2, -0.15) is 0 Å². The fraction of sp³-hybridized carbons (Fsp3) is 0.182. The summed E-state index contributed by atoms with van der Waals surface area (Å²) in [4.78, 5) is 23.7. The number of anilines is 2. The van der Waals surface area contributed by atoms with E-state index in [4.69, 9.17) is 16.7 Å². The molecule has 1 amide bonds. The van der Waals surface area contributed by atoms with Crippen LogP contribution in [-0.4, -0.2) is 32.0 Å². The summed E-state index contributed by atoms with van der Waals surface area (Å²) in [6.07, 6.45) is 5.66. The van der Waals surface area contributed by atoms with Crippen LogP contribution in [-0.2, 0) is 0 Å². The maximum Gasteiger partial charge on any atom is 0.258 e. The van der Waals surface area contributed by atoms with Crippen molar-refractivity contribution in [2.24, 2.45) is 0 Å². The molecule has 7 nitrogen and oxygen atoms in total. The molecule has 5 rings (SSSR count). The minimum absolute atomic E-state index is 0.207. The molecule has 0 aliphatic carbocycles. The Morgan fingerprint density at radius 1 is 1.10 bits per heavy atom. The zero-order valence-corrected chi connectivity index (χ0v) is 16.8. The predicted octanol–water partition coefficient (Wildman–Crippen LogP) is 4.37. The highest BCUT2D eigenvalue weighted by Crippen LogP contribution is 2.34. The molecule has 150 valence electrons. The number of fused-ring (bicyclic) bond motifs is 1. The minimum atomic E-state index is -0.306. The fourth-order valence-electron chi connectivity index (χ4n) is 3.84. The van der Waals surface area contributed by atoms with Crippen LogP contribution in [0.4, 0.5) is 11.6 Å². The third-order valence-corrected chi connectivity index (χ3v) is 5.57. The van der Waals surface area contributed by atoms with E-state index < -0.39 is 0 Å². The van der Waals surface area contributed by atoms with Gasteiger partial charge in [0.1, 0.15) is 5.82 Å². The molecule has 1 unspecified atom stereocenters. The molecular formula is C22H19ClN6O. The number of aromatic nitrogens is 4. The Labute approximate surface area is 178 Å². The van der Waals surface area contributed by atoms with Gasteiger partial charge in [0.15, 0.2) is 11.5 Å². The van der Waals surface area contributed by atoms with Gasteiger partial charge in [-0.25, -0.2) is 9.50 Å². The minimum Gasteiger partial charge on any atom is -0.347 e. The third kappa shape index (κ3) is 3.48. The first-order valence-corrected chi connectivity index (χ1v) is 10.2. The first-order chi connectivity index (χ1) is 14.7. The summed E-state index contributed by atoms with van der Waals surface area (Å²) in [5, 5.41) is 7.92. The van der Waals surface area contributed by atoms with Crippen LogP contribution in [0.3, 0.4) is 0 Å². The predicted molar refractivity (Wildman–Crippen MR) is 116 cm³/mol. The first-order valence-electron chi connectivity index (χ1n) is 9.79. The van der Waals surface area contributed by atoms with E-state index in [0.717, 1.165) is 30.9 Å². The number of nitrogens with zero attached hydrogens (tertiary/aromatic N) is 5. The van der Waals surface area contributed by atoms with Crippen molar-refractivity contribution in [2.75, 3.05) is 16.8 Å². The van der Waals surface area contributed by atoms with Crippen LogP contribution in [0.15, 0.2) is 67.0 Å². The van der Waals surface area contributed by atoms with Crippen LogP contribution >= 0.6 is 11.6 Å². The van der Waals surface area contributed by atoms with Gasteiger partial charge in [0, 0.05) is 12.7 Å². The average Bonchev–Trinajstić information content (AvgIpc) is 3.40. The number of pyridine rings is 1. The third-order valence-electron chi connectivity index (χ3n) is 5.24. The summed E-state index contributed by atoms with van der Waals surface area (Å²) < 4.78 is 1.69. The molecule has 0 bridgehead atoms. The number of carbonyl (C=O) groups is 1. The number of benzene rings is 1. The molecule has 1 saturated heterocycles. The number of amides is 1. The Morgan fingerprint density at radius 2 is 1.97 bits per heavy atom. The van der Waals surface area contributed by atoms with Crippen molar-refractivity contribution in [1.82, 2.24) is 19.6 Å². The van der Waals surface area contributed by atoms with Crippen LogP contribution < -0.4 is 10.2 Å². The molecule has 1 fully saturated rings. The molecule has 1 N–H and O–H groups in total. The molecule has 4 heterocycles. The van der Waals surface area contributed by atoms with Crippen LogP contribution in [0.1, 0.15) is 34.9 Å². The summed E-state index contributed by atoms with van der Waals surface area (Å²) in [5.41, 5.74) is 2.11. The second kappa shape index (κ2) is 7.76. The second-order valence-electron chi connectivity index (χ2n) is 7.16. The lowest BCUT2D eigenvalue weighted by Gasteiger charge is -2.25. The molecule has 1 aliphatic rings. The molecule has 1 atom stereocenters. The van der Waals surface area contributed by atoms with E-state index in [9.17, 15) is 4.79 Å². The van der Waals surface area contributed by atoms with Crippen molar-refractivity contribution in [3.05, 3.63) is 83.3 Å². The van der Waals surface area contributed by atoms with Gasteiger partial charge in [0.25, 0.3) is 5.91 Å². The van der Waals surface area contributed by atoms with E-state index in [1.165, 1.54) is 0 Å². The van der Waals surface area contributed by atoms with Crippen molar-refractivity contribution < 1.29 is 4.79 Å². The van der Waals surface area contributed by atoms with Gasteiger partial charge >= 0.3 is 0 Å². The van der Waals surface area contributed by atoms with Crippen molar-refractivity contribution in [3.63, 3.8) is 0 Å². The van der Waals surface area contributed by atoms with Crippen LogP contribution in [0, 0.1) is 0 Å². The normalized spacial score (nSPS) is 16.2. The lowest BCUT2D eigenvalue weighted by molar-refractivity contribution is 0.102. The number of nitrogens with one attached hydrogen (secondary N) is 1. The van der Waals surface area contributed by atoms with Crippen LogP contribution in [0.5, 0.6) is 0 Å². The molecule has 30 heavy (non-hydrogen) atoms. The molecule has 0 radical (unpaired) electrons. The SMILES string of the molecule is O=C(Nc1cn2nc(N3CCCC3c3ccccn3)ccc2n1)c1ccccc1Cl. The fourth-order valence-corrected chi connectivity index (χ4v) is 4.06. The van der Waals surface area contributed by atoms with E-state index in [2.05, 4.69) is 26.3 Å². The maximum atomic E-state index is 12.5. The molecule has 1 aromatic carbocycles. The number of rotatable bonds is 4. The maximum absolute atomic E-state index is 12.5. The lowest BCUT2D eigenvalue weighted by atomic mass is 10.1. The Kier molecular flexibility index (Phi) is 4.80. The Hall–Kier alpha value is -3.45. The van der Waals surface area contributed by atoms with Gasteiger partial charge in [-0.1, -0.05) is 29.8 Å². The smallest absolute Gasteiger partial charge is 0.258 e. The van der Waals surface area contributed by atoms with Crippen LogP contribution in [0.25, 0.3) is 5.65 Å². The van der Waals surface area contributed by atoms with Crippen LogP contribution in [0.2, 0.25) is 5.02 Å². The van der Waals surface area contributed by atoms with Crippen molar-refractivity contribution in [1.29, 1.82) is 0 Å². The molecule has 8 heteroatoms. The molecule has 3 aromatic heterocycles. The summed E-state index contributed by atoms with van der Waals surface area (Å²) in [5.74, 6) is 0.975. The highest BCUT2D eigenvalue weighted by molar-refractivity contribution is 6.34. The lowest BCUT2D eigenvalue weighted by Crippen LogP contribution is -2.24. The molecule has 4 aromatic rings. The van der Waals surface area contributed by atoms with E-state index in [0.29, 0.717) is 22.1 Å². The highest BCUT2D eigenvalue weighted by atomic mass is 35.5. The zero-order chi connectivity index (χ0) is 20.5. The largest absolute Gasteiger partial charge is 0.347 e.